The second kappa shape index (κ2) is 9.43. The molecule has 0 aliphatic rings. The molecule has 0 atom stereocenters. The van der Waals surface area contributed by atoms with Crippen LogP contribution in [0.5, 0.6) is 11.5 Å². The van der Waals surface area contributed by atoms with Gasteiger partial charge >= 0.3 is 0 Å². The first kappa shape index (κ1) is 24.0. The highest BCUT2D eigenvalue weighted by Gasteiger charge is 2.30. The van der Waals surface area contributed by atoms with Crippen LogP contribution < -0.4 is 14.8 Å². The molecule has 0 aliphatic carbocycles. The van der Waals surface area contributed by atoms with Crippen molar-refractivity contribution in [2.24, 2.45) is 0 Å². The SMILES string of the molecule is COc1cccc(OC)c1C(=O)Nc1nc2ccc(S(=O)(=O)N(C(C)C)C(C)C)cc2s1. The molecule has 0 aliphatic heterocycles. The van der Waals surface area contributed by atoms with Crippen molar-refractivity contribution < 1.29 is 22.7 Å². The third-order valence-electron chi connectivity index (χ3n) is 4.83. The summed E-state index contributed by atoms with van der Waals surface area (Å²) in [6.07, 6.45) is 0. The molecule has 0 saturated heterocycles. The molecule has 1 amide bonds. The molecule has 3 rings (SSSR count). The maximum Gasteiger partial charge on any atom is 0.265 e. The van der Waals surface area contributed by atoms with Crippen LogP contribution in [0.2, 0.25) is 0 Å². The van der Waals surface area contributed by atoms with Crippen molar-refractivity contribution in [1.29, 1.82) is 0 Å². The lowest BCUT2D eigenvalue weighted by Gasteiger charge is -2.29. The molecule has 1 heterocycles. The Bertz CT molecular complexity index is 1210. The third kappa shape index (κ3) is 4.57. The number of carbonyl (C=O) groups excluding carboxylic acids is 1. The summed E-state index contributed by atoms with van der Waals surface area (Å²) >= 11 is 1.20. The topological polar surface area (TPSA) is 97.8 Å². The largest absolute Gasteiger partial charge is 0.496 e. The molecular formula is C22H27N3O5S2. The number of thiazole rings is 1. The van der Waals surface area contributed by atoms with Crippen LogP contribution in [-0.4, -0.2) is 49.9 Å². The van der Waals surface area contributed by atoms with Gasteiger partial charge in [0, 0.05) is 12.1 Å². The molecule has 1 N–H and O–H groups in total. The molecule has 0 radical (unpaired) electrons. The smallest absolute Gasteiger partial charge is 0.265 e. The van der Waals surface area contributed by atoms with E-state index in [1.165, 1.54) is 29.9 Å². The Labute approximate surface area is 192 Å². The number of fused-ring (bicyclic) bond motifs is 1. The van der Waals surface area contributed by atoms with E-state index in [1.54, 1.807) is 36.4 Å². The summed E-state index contributed by atoms with van der Waals surface area (Å²) in [5.74, 6) is 0.314. The number of anilines is 1. The minimum Gasteiger partial charge on any atom is -0.496 e. The normalized spacial score (nSPS) is 12.0. The quantitative estimate of drug-likeness (QED) is 0.517. The number of ether oxygens (including phenoxy) is 2. The maximum atomic E-state index is 13.2. The van der Waals surface area contributed by atoms with Crippen LogP contribution in [-0.2, 0) is 10.0 Å². The number of nitrogens with one attached hydrogen (secondary N) is 1. The number of aromatic nitrogens is 1. The van der Waals surface area contributed by atoms with Crippen LogP contribution in [0.4, 0.5) is 5.13 Å². The number of methoxy groups -OCH3 is 2. The Morgan fingerprint density at radius 1 is 1.03 bits per heavy atom. The molecule has 10 heteroatoms. The molecule has 2 aromatic carbocycles. The summed E-state index contributed by atoms with van der Waals surface area (Å²) < 4.78 is 39.1. The molecule has 172 valence electrons. The lowest BCUT2D eigenvalue weighted by atomic mass is 10.1. The predicted octanol–water partition coefficient (Wildman–Crippen LogP) is 4.37. The number of hydrogen-bond donors (Lipinski definition) is 1. The molecule has 32 heavy (non-hydrogen) atoms. The van der Waals surface area contributed by atoms with Gasteiger partial charge in [-0.1, -0.05) is 17.4 Å². The van der Waals surface area contributed by atoms with Crippen molar-refractivity contribution >= 4 is 42.6 Å². The number of benzene rings is 2. The fourth-order valence-electron chi connectivity index (χ4n) is 3.63. The Morgan fingerprint density at radius 2 is 1.62 bits per heavy atom. The van der Waals surface area contributed by atoms with Crippen molar-refractivity contribution in [3.8, 4) is 11.5 Å². The van der Waals surface area contributed by atoms with Gasteiger partial charge in [-0.25, -0.2) is 13.4 Å². The van der Waals surface area contributed by atoms with Gasteiger partial charge in [-0.15, -0.1) is 0 Å². The second-order valence-electron chi connectivity index (χ2n) is 7.66. The van der Waals surface area contributed by atoms with E-state index in [1.807, 2.05) is 27.7 Å². The van der Waals surface area contributed by atoms with Gasteiger partial charge < -0.3 is 9.47 Å². The Kier molecular flexibility index (Phi) is 7.06. The Morgan fingerprint density at radius 3 is 2.16 bits per heavy atom. The third-order valence-corrected chi connectivity index (χ3v) is 8.01. The van der Waals surface area contributed by atoms with Crippen LogP contribution in [0.1, 0.15) is 38.1 Å². The van der Waals surface area contributed by atoms with Crippen LogP contribution in [0.25, 0.3) is 10.2 Å². The fraction of sp³-hybridized carbons (Fsp3) is 0.364. The number of amides is 1. The highest BCUT2D eigenvalue weighted by Crippen LogP contribution is 2.33. The second-order valence-corrected chi connectivity index (χ2v) is 10.5. The van der Waals surface area contributed by atoms with Gasteiger partial charge in [0.2, 0.25) is 10.0 Å². The summed E-state index contributed by atoms with van der Waals surface area (Å²) in [6, 6.07) is 9.50. The molecule has 0 unspecified atom stereocenters. The monoisotopic (exact) mass is 477 g/mol. The van der Waals surface area contributed by atoms with E-state index in [0.29, 0.717) is 26.8 Å². The van der Waals surface area contributed by atoms with E-state index < -0.39 is 15.9 Å². The summed E-state index contributed by atoms with van der Waals surface area (Å²) in [7, 11) is -0.724. The number of carbonyl (C=O) groups is 1. The molecule has 8 nitrogen and oxygen atoms in total. The fourth-order valence-corrected chi connectivity index (χ4v) is 6.46. The Balaban J connectivity index is 1.95. The summed E-state index contributed by atoms with van der Waals surface area (Å²) in [6.45, 7) is 7.40. The van der Waals surface area contributed by atoms with E-state index >= 15 is 0 Å². The minimum atomic E-state index is -3.67. The molecular weight excluding hydrogens is 450 g/mol. The van der Waals surface area contributed by atoms with Gasteiger partial charge in [-0.3, -0.25) is 10.1 Å². The van der Waals surface area contributed by atoms with Crippen molar-refractivity contribution in [3.05, 3.63) is 42.0 Å². The highest BCUT2D eigenvalue weighted by atomic mass is 32.2. The number of nitrogens with zero attached hydrogens (tertiary/aromatic N) is 2. The summed E-state index contributed by atoms with van der Waals surface area (Å²) in [5, 5.41) is 3.11. The first-order chi connectivity index (χ1) is 15.1. The van der Waals surface area contributed by atoms with Crippen LogP contribution >= 0.6 is 11.3 Å². The lowest BCUT2D eigenvalue weighted by Crippen LogP contribution is -2.41. The van der Waals surface area contributed by atoms with Gasteiger partial charge in [-0.05, 0) is 58.0 Å². The Hall–Kier alpha value is -2.69. The maximum absolute atomic E-state index is 13.2. The van der Waals surface area contributed by atoms with Gasteiger partial charge in [0.25, 0.3) is 5.91 Å². The highest BCUT2D eigenvalue weighted by molar-refractivity contribution is 7.89. The van der Waals surface area contributed by atoms with E-state index in [2.05, 4.69) is 10.3 Å². The van der Waals surface area contributed by atoms with Gasteiger partial charge in [-0.2, -0.15) is 4.31 Å². The molecule has 0 bridgehead atoms. The lowest BCUT2D eigenvalue weighted by molar-refractivity contribution is 0.102. The number of hydrogen-bond acceptors (Lipinski definition) is 7. The summed E-state index contributed by atoms with van der Waals surface area (Å²) in [4.78, 5) is 17.5. The van der Waals surface area contributed by atoms with E-state index in [4.69, 9.17) is 9.47 Å². The molecule has 0 fully saturated rings. The first-order valence-corrected chi connectivity index (χ1v) is 12.3. The van der Waals surface area contributed by atoms with Crippen LogP contribution in [0.3, 0.4) is 0 Å². The molecule has 0 spiro atoms. The predicted molar refractivity (Wildman–Crippen MR) is 126 cm³/mol. The van der Waals surface area contributed by atoms with Crippen molar-refractivity contribution in [2.75, 3.05) is 19.5 Å². The summed E-state index contributed by atoms with van der Waals surface area (Å²) in [5.41, 5.74) is 0.849. The minimum absolute atomic E-state index is 0.178. The van der Waals surface area contributed by atoms with Crippen molar-refractivity contribution in [2.45, 2.75) is 44.7 Å². The van der Waals surface area contributed by atoms with E-state index in [0.717, 1.165) is 0 Å². The standard InChI is InChI=1S/C22H27N3O5S2/c1-13(2)25(14(3)4)32(27,28)15-10-11-16-19(12-15)31-22(23-16)24-21(26)20-17(29-5)8-7-9-18(20)30-6/h7-14H,1-6H3,(H,23,24,26). The molecule has 0 saturated carbocycles. The van der Waals surface area contributed by atoms with Crippen molar-refractivity contribution in [1.82, 2.24) is 9.29 Å². The average molecular weight is 478 g/mol. The van der Waals surface area contributed by atoms with Gasteiger partial charge in [0.15, 0.2) is 5.13 Å². The molecule has 3 aromatic rings. The van der Waals surface area contributed by atoms with Crippen LogP contribution in [0.15, 0.2) is 41.3 Å². The zero-order valence-electron chi connectivity index (χ0n) is 18.9. The zero-order valence-corrected chi connectivity index (χ0v) is 20.5. The van der Waals surface area contributed by atoms with Gasteiger partial charge in [0.1, 0.15) is 17.1 Å². The van der Waals surface area contributed by atoms with Gasteiger partial charge in [0.05, 0.1) is 29.3 Å². The number of sulfonamides is 1. The van der Waals surface area contributed by atoms with Crippen molar-refractivity contribution in [3.63, 3.8) is 0 Å². The van der Waals surface area contributed by atoms with E-state index in [9.17, 15) is 13.2 Å². The zero-order chi connectivity index (χ0) is 23.6. The average Bonchev–Trinajstić information content (AvgIpc) is 3.13. The van der Waals surface area contributed by atoms with Crippen LogP contribution in [0, 0.1) is 0 Å². The first-order valence-electron chi connectivity index (χ1n) is 10.1. The number of rotatable bonds is 8. The molecule has 1 aromatic heterocycles. The van der Waals surface area contributed by atoms with E-state index in [-0.39, 0.29) is 22.5 Å².